The average molecular weight is 181 g/mol. The van der Waals surface area contributed by atoms with Crippen molar-refractivity contribution in [2.75, 3.05) is 20.1 Å². The number of nitrogens with zero attached hydrogens (tertiary/aromatic N) is 1. The predicted octanol–water partition coefficient (Wildman–Crippen LogP) is 1.42. The van der Waals surface area contributed by atoms with Gasteiger partial charge in [0, 0.05) is 17.0 Å². The first-order valence-electron chi connectivity index (χ1n) is 4.05. The number of hydrogen-bond donors (Lipinski definition) is 0. The zero-order valence-electron chi connectivity index (χ0n) is 7.04. The van der Waals surface area contributed by atoms with Gasteiger partial charge in [-0.25, -0.2) is 0 Å². The van der Waals surface area contributed by atoms with Gasteiger partial charge in [-0.3, -0.25) is 9.69 Å². The molecular formula is C9H11NOS. The van der Waals surface area contributed by atoms with Crippen LogP contribution in [0.3, 0.4) is 0 Å². The Balaban J connectivity index is 2.35. The lowest BCUT2D eigenvalue weighted by Crippen LogP contribution is -2.24. The van der Waals surface area contributed by atoms with Crippen LogP contribution in [0, 0.1) is 0 Å². The van der Waals surface area contributed by atoms with E-state index >= 15 is 0 Å². The van der Waals surface area contributed by atoms with E-state index in [0.717, 1.165) is 18.5 Å². The van der Waals surface area contributed by atoms with E-state index in [2.05, 4.69) is 4.90 Å². The van der Waals surface area contributed by atoms with Crippen molar-refractivity contribution < 1.29 is 4.79 Å². The summed E-state index contributed by atoms with van der Waals surface area (Å²) in [6, 6.07) is 1.95. The molecule has 0 saturated carbocycles. The van der Waals surface area contributed by atoms with Crippen molar-refractivity contribution in [2.45, 2.75) is 6.42 Å². The Kier molecular flexibility index (Phi) is 1.98. The molecule has 0 aromatic carbocycles. The Bertz CT molecular complexity index is 305. The van der Waals surface area contributed by atoms with E-state index in [1.807, 2.05) is 18.5 Å². The van der Waals surface area contributed by atoms with Crippen LogP contribution in [-0.2, 0) is 6.42 Å². The molecule has 0 aliphatic carbocycles. The van der Waals surface area contributed by atoms with Crippen molar-refractivity contribution in [1.82, 2.24) is 4.90 Å². The van der Waals surface area contributed by atoms with Crippen LogP contribution in [0.2, 0.25) is 0 Å². The molecule has 1 aliphatic rings. The van der Waals surface area contributed by atoms with Gasteiger partial charge in [-0.1, -0.05) is 0 Å². The van der Waals surface area contributed by atoms with Crippen LogP contribution in [0.15, 0.2) is 11.4 Å². The predicted molar refractivity (Wildman–Crippen MR) is 49.9 cm³/mol. The van der Waals surface area contributed by atoms with E-state index in [9.17, 15) is 4.79 Å². The number of fused-ring (bicyclic) bond motifs is 1. The molecule has 3 heteroatoms. The summed E-state index contributed by atoms with van der Waals surface area (Å²) < 4.78 is 0. The summed E-state index contributed by atoms with van der Waals surface area (Å²) in [5.74, 6) is 0.270. The molecule has 0 amide bonds. The molecule has 64 valence electrons. The van der Waals surface area contributed by atoms with Crippen molar-refractivity contribution in [3.05, 3.63) is 21.9 Å². The van der Waals surface area contributed by atoms with Crippen molar-refractivity contribution in [3.63, 3.8) is 0 Å². The van der Waals surface area contributed by atoms with Crippen LogP contribution in [-0.4, -0.2) is 30.8 Å². The van der Waals surface area contributed by atoms with E-state index in [-0.39, 0.29) is 5.78 Å². The standard InChI is InChI=1S/C9H11NOS/c1-10-4-2-9-7(3-5-12-9)8(11)6-10/h3,5H,2,4,6H2,1H3. The topological polar surface area (TPSA) is 20.3 Å². The zero-order valence-corrected chi connectivity index (χ0v) is 7.86. The van der Waals surface area contributed by atoms with Crippen LogP contribution in [0.25, 0.3) is 0 Å². The SMILES string of the molecule is CN1CCc2sccc2C(=O)C1. The van der Waals surface area contributed by atoms with Gasteiger partial charge in [-0.2, -0.15) is 0 Å². The number of hydrogen-bond acceptors (Lipinski definition) is 3. The Morgan fingerprint density at radius 3 is 3.25 bits per heavy atom. The van der Waals surface area contributed by atoms with Crippen LogP contribution in [0.1, 0.15) is 15.2 Å². The minimum atomic E-state index is 0.270. The highest BCUT2D eigenvalue weighted by Gasteiger charge is 2.18. The summed E-state index contributed by atoms with van der Waals surface area (Å²) in [5, 5.41) is 2.01. The molecule has 12 heavy (non-hydrogen) atoms. The number of rotatable bonds is 0. The molecule has 2 nitrogen and oxygen atoms in total. The smallest absolute Gasteiger partial charge is 0.177 e. The maximum atomic E-state index is 11.5. The van der Waals surface area contributed by atoms with Crippen molar-refractivity contribution in [3.8, 4) is 0 Å². The maximum Gasteiger partial charge on any atom is 0.177 e. The van der Waals surface area contributed by atoms with Crippen molar-refractivity contribution in [1.29, 1.82) is 0 Å². The largest absolute Gasteiger partial charge is 0.299 e. The third-order valence-corrected chi connectivity index (χ3v) is 3.16. The molecule has 0 saturated heterocycles. The molecule has 0 unspecified atom stereocenters. The number of ketones is 1. The molecule has 0 fully saturated rings. The lowest BCUT2D eigenvalue weighted by molar-refractivity contribution is 0.0954. The molecule has 0 bridgehead atoms. The Morgan fingerprint density at radius 2 is 2.42 bits per heavy atom. The van der Waals surface area contributed by atoms with Crippen LogP contribution in [0.5, 0.6) is 0 Å². The minimum absolute atomic E-state index is 0.270. The Labute approximate surface area is 75.8 Å². The molecule has 0 atom stereocenters. The summed E-state index contributed by atoms with van der Waals surface area (Å²) in [5.41, 5.74) is 0.948. The second-order valence-electron chi connectivity index (χ2n) is 3.17. The second kappa shape index (κ2) is 2.99. The molecule has 0 N–H and O–H groups in total. The van der Waals surface area contributed by atoms with E-state index in [1.165, 1.54) is 4.88 Å². The van der Waals surface area contributed by atoms with Gasteiger partial charge in [-0.05, 0) is 24.9 Å². The number of carbonyl (C=O) groups excluding carboxylic acids is 1. The molecule has 2 rings (SSSR count). The first-order valence-corrected chi connectivity index (χ1v) is 4.93. The molecule has 0 spiro atoms. The molecule has 0 radical (unpaired) electrons. The van der Waals surface area contributed by atoms with Crippen LogP contribution < -0.4 is 0 Å². The van der Waals surface area contributed by atoms with E-state index in [1.54, 1.807) is 11.3 Å². The number of thiophene rings is 1. The summed E-state index contributed by atoms with van der Waals surface area (Å²) in [6.07, 6.45) is 1.02. The summed E-state index contributed by atoms with van der Waals surface area (Å²) >= 11 is 1.70. The van der Waals surface area contributed by atoms with E-state index in [4.69, 9.17) is 0 Å². The third kappa shape index (κ3) is 1.30. The Morgan fingerprint density at radius 1 is 1.58 bits per heavy atom. The van der Waals surface area contributed by atoms with Crippen LogP contribution >= 0.6 is 11.3 Å². The summed E-state index contributed by atoms with van der Waals surface area (Å²) in [4.78, 5) is 14.9. The van der Waals surface area contributed by atoms with Gasteiger partial charge in [0.05, 0.1) is 6.54 Å². The van der Waals surface area contributed by atoms with Gasteiger partial charge in [0.1, 0.15) is 0 Å². The summed E-state index contributed by atoms with van der Waals surface area (Å²) in [7, 11) is 1.99. The highest BCUT2D eigenvalue weighted by atomic mass is 32.1. The highest BCUT2D eigenvalue weighted by molar-refractivity contribution is 7.10. The summed E-state index contributed by atoms with van der Waals surface area (Å²) in [6.45, 7) is 1.57. The number of carbonyl (C=O) groups is 1. The fraction of sp³-hybridized carbons (Fsp3) is 0.444. The van der Waals surface area contributed by atoms with Gasteiger partial charge >= 0.3 is 0 Å². The molecule has 1 aliphatic heterocycles. The monoisotopic (exact) mass is 181 g/mol. The van der Waals surface area contributed by atoms with Gasteiger partial charge < -0.3 is 0 Å². The molecule has 1 aromatic heterocycles. The fourth-order valence-electron chi connectivity index (χ4n) is 1.48. The van der Waals surface area contributed by atoms with E-state index in [0.29, 0.717) is 6.54 Å². The lowest BCUT2D eigenvalue weighted by Gasteiger charge is -2.10. The second-order valence-corrected chi connectivity index (χ2v) is 4.17. The third-order valence-electron chi connectivity index (χ3n) is 2.18. The first kappa shape index (κ1) is 7.95. The van der Waals surface area contributed by atoms with Crippen LogP contribution in [0.4, 0.5) is 0 Å². The van der Waals surface area contributed by atoms with Gasteiger partial charge in [0.25, 0.3) is 0 Å². The normalized spacial score (nSPS) is 18.9. The molecule has 2 heterocycles. The number of likely N-dealkylation sites (N-methyl/N-ethyl adjacent to an activating group) is 1. The van der Waals surface area contributed by atoms with Gasteiger partial charge in [-0.15, -0.1) is 11.3 Å². The minimum Gasteiger partial charge on any atom is -0.299 e. The zero-order chi connectivity index (χ0) is 8.55. The van der Waals surface area contributed by atoms with E-state index < -0.39 is 0 Å². The lowest BCUT2D eigenvalue weighted by atomic mass is 10.1. The fourth-order valence-corrected chi connectivity index (χ4v) is 2.37. The van der Waals surface area contributed by atoms with Crippen molar-refractivity contribution >= 4 is 17.1 Å². The average Bonchev–Trinajstić information content (AvgIpc) is 2.43. The van der Waals surface area contributed by atoms with Gasteiger partial charge in [0.2, 0.25) is 0 Å². The highest BCUT2D eigenvalue weighted by Crippen LogP contribution is 2.20. The van der Waals surface area contributed by atoms with Crippen molar-refractivity contribution in [2.24, 2.45) is 0 Å². The van der Waals surface area contributed by atoms with Gasteiger partial charge in [0.15, 0.2) is 5.78 Å². The molecular weight excluding hydrogens is 170 g/mol. The quantitative estimate of drug-likeness (QED) is 0.603. The Hall–Kier alpha value is -0.670. The maximum absolute atomic E-state index is 11.5. The first-order chi connectivity index (χ1) is 5.77. The number of Topliss-reactive ketones (excluding diaryl/α,β-unsaturated/α-hetero) is 1. The molecule has 1 aromatic rings.